The molecule has 0 radical (unpaired) electrons. The van der Waals surface area contributed by atoms with Gasteiger partial charge in [-0.1, -0.05) is 0 Å². The molecule has 90 valence electrons. The third-order valence-electron chi connectivity index (χ3n) is 1.71. The highest BCUT2D eigenvalue weighted by atomic mass is 16.3. The van der Waals surface area contributed by atoms with Crippen LogP contribution in [-0.2, 0) is 4.79 Å². The molecule has 3 N–H and O–H groups in total. The van der Waals surface area contributed by atoms with Crippen LogP contribution >= 0.6 is 0 Å². The Morgan fingerprint density at radius 1 is 1.20 bits per heavy atom. The van der Waals surface area contributed by atoms with E-state index in [2.05, 4.69) is 10.6 Å². The molecule has 4 heteroatoms. The van der Waals surface area contributed by atoms with Gasteiger partial charge in [-0.15, -0.1) is 0 Å². The normalized spacial score (nSPS) is 12.7. The lowest BCUT2D eigenvalue weighted by molar-refractivity contribution is -0.121. The Balaban J connectivity index is 3.57. The number of nitrogens with one attached hydrogen (secondary N) is 2. The van der Waals surface area contributed by atoms with Gasteiger partial charge in [0.2, 0.25) is 5.91 Å². The van der Waals surface area contributed by atoms with Crippen molar-refractivity contribution in [2.75, 3.05) is 13.1 Å². The number of carbonyl (C=O) groups is 1. The van der Waals surface area contributed by atoms with Crippen molar-refractivity contribution in [3.63, 3.8) is 0 Å². The summed E-state index contributed by atoms with van der Waals surface area (Å²) in [7, 11) is 0. The molecule has 0 rings (SSSR count). The van der Waals surface area contributed by atoms with E-state index in [0.717, 1.165) is 0 Å². The predicted octanol–water partition coefficient (Wildman–Crippen LogP) is 0.652. The highest BCUT2D eigenvalue weighted by Gasteiger charge is 2.14. The first-order valence-electron chi connectivity index (χ1n) is 5.34. The predicted molar refractivity (Wildman–Crippen MR) is 61.7 cm³/mol. The molecular formula is C11H24N2O2. The zero-order valence-corrected chi connectivity index (χ0v) is 10.5. The van der Waals surface area contributed by atoms with Crippen LogP contribution in [0, 0.1) is 0 Å². The average Bonchev–Trinajstić information content (AvgIpc) is 1.92. The molecule has 0 bridgehead atoms. The number of rotatable bonds is 5. The standard InChI is InChI=1S/C11H24N2O2/c1-10(2,3)13-9(14)8-12-7-6-11(4,5)15/h12,15H,6-8H2,1-5H3,(H,13,14). The molecule has 0 unspecified atom stereocenters. The van der Waals surface area contributed by atoms with Crippen molar-refractivity contribution in [3.8, 4) is 0 Å². The highest BCUT2D eigenvalue weighted by Crippen LogP contribution is 2.04. The molecule has 0 saturated heterocycles. The minimum absolute atomic E-state index is 0.0155. The summed E-state index contributed by atoms with van der Waals surface area (Å²) < 4.78 is 0. The van der Waals surface area contributed by atoms with Gasteiger partial charge in [0.25, 0.3) is 0 Å². The zero-order valence-electron chi connectivity index (χ0n) is 10.5. The van der Waals surface area contributed by atoms with E-state index in [1.165, 1.54) is 0 Å². The Morgan fingerprint density at radius 3 is 2.13 bits per heavy atom. The molecule has 0 spiro atoms. The summed E-state index contributed by atoms with van der Waals surface area (Å²) in [4.78, 5) is 11.3. The number of aliphatic hydroxyl groups is 1. The first-order valence-corrected chi connectivity index (χ1v) is 5.34. The second-order valence-corrected chi connectivity index (χ2v) is 5.54. The van der Waals surface area contributed by atoms with E-state index in [0.29, 0.717) is 19.5 Å². The third-order valence-corrected chi connectivity index (χ3v) is 1.71. The molecule has 0 saturated carbocycles. The molecule has 0 aromatic heterocycles. The van der Waals surface area contributed by atoms with Crippen molar-refractivity contribution in [1.29, 1.82) is 0 Å². The van der Waals surface area contributed by atoms with Gasteiger partial charge in [0.05, 0.1) is 12.1 Å². The van der Waals surface area contributed by atoms with Crippen molar-refractivity contribution in [2.24, 2.45) is 0 Å². The third kappa shape index (κ3) is 11.3. The van der Waals surface area contributed by atoms with E-state index in [9.17, 15) is 9.90 Å². The fraction of sp³-hybridized carbons (Fsp3) is 0.909. The lowest BCUT2D eigenvalue weighted by atomic mass is 10.1. The van der Waals surface area contributed by atoms with Gasteiger partial charge in [-0.05, 0) is 47.6 Å². The summed E-state index contributed by atoms with van der Waals surface area (Å²) in [6.07, 6.45) is 0.635. The summed E-state index contributed by atoms with van der Waals surface area (Å²) in [6, 6.07) is 0. The van der Waals surface area contributed by atoms with Crippen LogP contribution in [0.15, 0.2) is 0 Å². The molecule has 4 nitrogen and oxygen atoms in total. The molecular weight excluding hydrogens is 192 g/mol. The first-order chi connectivity index (χ1) is 6.60. The summed E-state index contributed by atoms with van der Waals surface area (Å²) in [6.45, 7) is 10.3. The van der Waals surface area contributed by atoms with Gasteiger partial charge in [-0.2, -0.15) is 0 Å². The average molecular weight is 216 g/mol. The molecule has 1 amide bonds. The van der Waals surface area contributed by atoms with E-state index in [1.807, 2.05) is 20.8 Å². The summed E-state index contributed by atoms with van der Waals surface area (Å²) in [5.41, 5.74) is -0.859. The Labute approximate surface area is 92.4 Å². The maximum absolute atomic E-state index is 11.3. The van der Waals surface area contributed by atoms with Gasteiger partial charge >= 0.3 is 0 Å². The Morgan fingerprint density at radius 2 is 1.73 bits per heavy atom. The highest BCUT2D eigenvalue weighted by molar-refractivity contribution is 5.78. The first kappa shape index (κ1) is 14.4. The maximum atomic E-state index is 11.3. The van der Waals surface area contributed by atoms with Crippen LogP contribution in [0.2, 0.25) is 0 Å². The Kier molecular flexibility index (Phi) is 5.24. The Bertz CT molecular complexity index is 202. The SMILES string of the molecule is CC(C)(O)CCNCC(=O)NC(C)(C)C. The van der Waals surface area contributed by atoms with Gasteiger partial charge in [0.15, 0.2) is 0 Å². The topological polar surface area (TPSA) is 61.4 Å². The molecule has 0 aliphatic heterocycles. The molecule has 0 aliphatic rings. The van der Waals surface area contributed by atoms with Gasteiger partial charge in [-0.3, -0.25) is 4.79 Å². The lowest BCUT2D eigenvalue weighted by Crippen LogP contribution is -2.45. The van der Waals surface area contributed by atoms with E-state index in [4.69, 9.17) is 0 Å². The fourth-order valence-corrected chi connectivity index (χ4v) is 1.06. The van der Waals surface area contributed by atoms with Crippen LogP contribution in [-0.4, -0.2) is 35.2 Å². The summed E-state index contributed by atoms with van der Waals surface area (Å²) in [5.74, 6) is -0.0155. The molecule has 0 aliphatic carbocycles. The van der Waals surface area contributed by atoms with Crippen LogP contribution in [0.3, 0.4) is 0 Å². The van der Waals surface area contributed by atoms with Crippen molar-refractivity contribution < 1.29 is 9.90 Å². The van der Waals surface area contributed by atoms with Crippen LogP contribution in [0.1, 0.15) is 41.0 Å². The minimum Gasteiger partial charge on any atom is -0.390 e. The van der Waals surface area contributed by atoms with Gasteiger partial charge in [-0.25, -0.2) is 0 Å². The van der Waals surface area contributed by atoms with Crippen molar-refractivity contribution in [1.82, 2.24) is 10.6 Å². The van der Waals surface area contributed by atoms with E-state index < -0.39 is 5.60 Å². The van der Waals surface area contributed by atoms with Crippen molar-refractivity contribution in [3.05, 3.63) is 0 Å². The van der Waals surface area contributed by atoms with Crippen LogP contribution < -0.4 is 10.6 Å². The van der Waals surface area contributed by atoms with E-state index >= 15 is 0 Å². The summed E-state index contributed by atoms with van der Waals surface area (Å²) >= 11 is 0. The second-order valence-electron chi connectivity index (χ2n) is 5.54. The Hall–Kier alpha value is -0.610. The minimum atomic E-state index is -0.673. The monoisotopic (exact) mass is 216 g/mol. The van der Waals surface area contributed by atoms with Crippen LogP contribution in [0.25, 0.3) is 0 Å². The van der Waals surface area contributed by atoms with E-state index in [1.54, 1.807) is 13.8 Å². The smallest absolute Gasteiger partial charge is 0.234 e. The van der Waals surface area contributed by atoms with Gasteiger partial charge < -0.3 is 15.7 Å². The molecule has 0 atom stereocenters. The molecule has 0 aromatic rings. The number of hydrogen-bond donors (Lipinski definition) is 3. The molecule has 0 heterocycles. The number of carbonyl (C=O) groups excluding carboxylic acids is 1. The van der Waals surface area contributed by atoms with E-state index in [-0.39, 0.29) is 11.4 Å². The quantitative estimate of drug-likeness (QED) is 0.591. The van der Waals surface area contributed by atoms with Crippen molar-refractivity contribution in [2.45, 2.75) is 52.2 Å². The summed E-state index contributed by atoms with van der Waals surface area (Å²) in [5, 5.41) is 15.3. The maximum Gasteiger partial charge on any atom is 0.234 e. The molecule has 15 heavy (non-hydrogen) atoms. The zero-order chi connectivity index (χ0) is 12.1. The fourth-order valence-electron chi connectivity index (χ4n) is 1.06. The van der Waals surface area contributed by atoms with Gasteiger partial charge in [0.1, 0.15) is 0 Å². The molecule has 0 fully saturated rings. The lowest BCUT2D eigenvalue weighted by Gasteiger charge is -2.21. The molecule has 0 aromatic carbocycles. The van der Waals surface area contributed by atoms with Crippen molar-refractivity contribution >= 4 is 5.91 Å². The van der Waals surface area contributed by atoms with Crippen LogP contribution in [0.5, 0.6) is 0 Å². The second kappa shape index (κ2) is 5.47. The van der Waals surface area contributed by atoms with Crippen LogP contribution in [0.4, 0.5) is 0 Å². The number of amides is 1. The van der Waals surface area contributed by atoms with Gasteiger partial charge in [0, 0.05) is 5.54 Å². The number of hydrogen-bond acceptors (Lipinski definition) is 3. The largest absolute Gasteiger partial charge is 0.390 e.